The molecule has 2 heterocycles. The zero-order valence-electron chi connectivity index (χ0n) is 19.7. The fourth-order valence-electron chi connectivity index (χ4n) is 3.97. The Morgan fingerprint density at radius 2 is 1.92 bits per heavy atom. The van der Waals surface area contributed by atoms with Gasteiger partial charge in [0.05, 0.1) is 15.6 Å². The van der Waals surface area contributed by atoms with E-state index in [9.17, 15) is 26.4 Å². The molecule has 0 aliphatic carbocycles. The Bertz CT molecular complexity index is 1440. The Morgan fingerprint density at radius 1 is 1.16 bits per heavy atom. The van der Waals surface area contributed by atoms with Crippen molar-refractivity contribution in [3.05, 3.63) is 58.4 Å². The first-order valence-corrected chi connectivity index (χ1v) is 13.7. The molecule has 3 aromatic rings. The van der Waals surface area contributed by atoms with E-state index in [2.05, 4.69) is 15.4 Å². The number of nitrogens with one attached hydrogen (secondary N) is 3. The van der Waals surface area contributed by atoms with Crippen molar-refractivity contribution in [2.75, 3.05) is 23.1 Å². The first kappa shape index (κ1) is 27.2. The van der Waals surface area contributed by atoms with Crippen LogP contribution in [0.15, 0.2) is 52.7 Å². The molecule has 198 valence electrons. The summed E-state index contributed by atoms with van der Waals surface area (Å²) in [5, 5.41) is 5.68. The number of benzene rings is 2. The van der Waals surface area contributed by atoms with E-state index in [4.69, 9.17) is 16.3 Å². The standard InChI is InChI=1S/C24H23ClF3N3O4S2/c1-14(32)30-16-5-3-4-15(10-16)18-12-21(25)36-22(18)37(33,34)31-17-6-7-19(24(26,27)28)20(11-17)35-23(2)8-9-29-13-23/h3-7,10-12,29,31H,8-9,13H2,1-2H3,(H,30,32)/t23-/m1/s1. The molecule has 1 saturated heterocycles. The average Bonchev–Trinajstić information content (AvgIpc) is 3.38. The van der Waals surface area contributed by atoms with Crippen LogP contribution in [0.5, 0.6) is 5.75 Å². The van der Waals surface area contributed by atoms with E-state index >= 15 is 0 Å². The molecule has 3 N–H and O–H groups in total. The average molecular weight is 574 g/mol. The predicted octanol–water partition coefficient (Wildman–Crippen LogP) is 5.98. The lowest BCUT2D eigenvalue weighted by atomic mass is 10.1. The number of alkyl halides is 3. The minimum Gasteiger partial charge on any atom is -0.485 e. The molecule has 1 amide bonds. The van der Waals surface area contributed by atoms with E-state index in [1.165, 1.54) is 13.0 Å². The number of anilines is 2. The highest BCUT2D eigenvalue weighted by molar-refractivity contribution is 7.94. The van der Waals surface area contributed by atoms with Gasteiger partial charge < -0.3 is 15.4 Å². The highest BCUT2D eigenvalue weighted by Gasteiger charge is 2.38. The molecule has 0 spiro atoms. The van der Waals surface area contributed by atoms with Gasteiger partial charge in [-0.2, -0.15) is 13.2 Å². The Kier molecular flexibility index (Phi) is 7.48. The molecule has 0 saturated carbocycles. The first-order valence-electron chi connectivity index (χ1n) is 11.1. The number of halogens is 4. The Morgan fingerprint density at radius 3 is 2.57 bits per heavy atom. The summed E-state index contributed by atoms with van der Waals surface area (Å²) >= 11 is 6.96. The molecule has 0 radical (unpaired) electrons. The summed E-state index contributed by atoms with van der Waals surface area (Å²) < 4.78 is 75.9. The number of amides is 1. The van der Waals surface area contributed by atoms with Crippen molar-refractivity contribution >= 4 is 50.2 Å². The lowest BCUT2D eigenvalue weighted by Crippen LogP contribution is -2.35. The van der Waals surface area contributed by atoms with Gasteiger partial charge in [-0.1, -0.05) is 23.7 Å². The summed E-state index contributed by atoms with van der Waals surface area (Å²) in [6.07, 6.45) is -4.20. The fraction of sp³-hybridized carbons (Fsp3) is 0.292. The van der Waals surface area contributed by atoms with Gasteiger partial charge in [-0.15, -0.1) is 11.3 Å². The van der Waals surface area contributed by atoms with Gasteiger partial charge in [0.15, 0.2) is 0 Å². The van der Waals surface area contributed by atoms with Crippen molar-refractivity contribution < 1.29 is 31.1 Å². The second kappa shape index (κ2) is 10.2. The molecular formula is C24H23ClF3N3O4S2. The van der Waals surface area contributed by atoms with Crippen LogP contribution in [0.4, 0.5) is 24.5 Å². The number of sulfonamides is 1. The van der Waals surface area contributed by atoms with Crippen LogP contribution in [0.1, 0.15) is 25.8 Å². The predicted molar refractivity (Wildman–Crippen MR) is 138 cm³/mol. The summed E-state index contributed by atoms with van der Waals surface area (Å²) in [5.74, 6) is -0.760. The largest absolute Gasteiger partial charge is 0.485 e. The normalized spacial score (nSPS) is 18.0. The molecule has 13 heteroatoms. The lowest BCUT2D eigenvalue weighted by molar-refractivity contribution is -0.139. The molecule has 1 fully saturated rings. The van der Waals surface area contributed by atoms with Gasteiger partial charge in [0.25, 0.3) is 10.0 Å². The van der Waals surface area contributed by atoms with Crippen LogP contribution in [0, 0.1) is 0 Å². The SMILES string of the molecule is CC(=O)Nc1cccc(-c2cc(Cl)sc2S(=O)(=O)Nc2ccc(C(F)(F)F)c(O[C@]3(C)CCNC3)c2)c1. The maximum atomic E-state index is 13.7. The van der Waals surface area contributed by atoms with Gasteiger partial charge in [-0.3, -0.25) is 9.52 Å². The number of carbonyl (C=O) groups excluding carboxylic acids is 1. The van der Waals surface area contributed by atoms with Gasteiger partial charge in [0.1, 0.15) is 15.6 Å². The monoisotopic (exact) mass is 573 g/mol. The van der Waals surface area contributed by atoms with E-state index < -0.39 is 33.1 Å². The second-order valence-electron chi connectivity index (χ2n) is 8.81. The zero-order valence-corrected chi connectivity index (χ0v) is 22.1. The van der Waals surface area contributed by atoms with Crippen LogP contribution in [0.25, 0.3) is 11.1 Å². The van der Waals surface area contributed by atoms with E-state index in [1.807, 2.05) is 0 Å². The van der Waals surface area contributed by atoms with Crippen LogP contribution >= 0.6 is 22.9 Å². The number of carbonyl (C=O) groups is 1. The molecule has 2 aromatic carbocycles. The molecule has 0 bridgehead atoms. The second-order valence-corrected chi connectivity index (χ2v) is 12.4. The van der Waals surface area contributed by atoms with Crippen molar-refractivity contribution in [2.24, 2.45) is 0 Å². The van der Waals surface area contributed by atoms with Gasteiger partial charge in [-0.05, 0) is 49.4 Å². The van der Waals surface area contributed by atoms with E-state index in [-0.39, 0.29) is 25.7 Å². The molecule has 1 atom stereocenters. The van der Waals surface area contributed by atoms with Crippen molar-refractivity contribution in [3.8, 4) is 16.9 Å². The maximum absolute atomic E-state index is 13.7. The number of hydrogen-bond acceptors (Lipinski definition) is 6. The van der Waals surface area contributed by atoms with Gasteiger partial charge >= 0.3 is 6.18 Å². The molecular weight excluding hydrogens is 551 g/mol. The number of ether oxygens (including phenoxy) is 1. The summed E-state index contributed by atoms with van der Waals surface area (Å²) in [5.41, 5.74) is -0.748. The third-order valence-electron chi connectivity index (χ3n) is 5.63. The van der Waals surface area contributed by atoms with E-state index in [0.29, 0.717) is 30.8 Å². The van der Waals surface area contributed by atoms with Gasteiger partial charge in [-0.25, -0.2) is 8.42 Å². The molecule has 1 aromatic heterocycles. The van der Waals surface area contributed by atoms with Crippen molar-refractivity contribution in [3.63, 3.8) is 0 Å². The summed E-state index contributed by atoms with van der Waals surface area (Å²) in [6.45, 7) is 3.99. The molecule has 4 rings (SSSR count). The van der Waals surface area contributed by atoms with Crippen LogP contribution < -0.4 is 20.1 Å². The molecule has 7 nitrogen and oxygen atoms in total. The third kappa shape index (κ3) is 6.38. The van der Waals surface area contributed by atoms with Crippen molar-refractivity contribution in [1.82, 2.24) is 5.32 Å². The van der Waals surface area contributed by atoms with E-state index in [1.54, 1.807) is 31.2 Å². The van der Waals surface area contributed by atoms with Crippen molar-refractivity contribution in [1.29, 1.82) is 0 Å². The highest BCUT2D eigenvalue weighted by Crippen LogP contribution is 2.42. The Hall–Kier alpha value is -2.80. The molecule has 37 heavy (non-hydrogen) atoms. The van der Waals surface area contributed by atoms with Crippen LogP contribution in [-0.4, -0.2) is 33.0 Å². The molecule has 1 aliphatic heterocycles. The van der Waals surface area contributed by atoms with Crippen LogP contribution in [0.3, 0.4) is 0 Å². The maximum Gasteiger partial charge on any atom is 0.419 e. The topological polar surface area (TPSA) is 96.5 Å². The minimum atomic E-state index is -4.69. The lowest BCUT2D eigenvalue weighted by Gasteiger charge is -2.27. The van der Waals surface area contributed by atoms with Crippen LogP contribution in [-0.2, 0) is 21.0 Å². The summed E-state index contributed by atoms with van der Waals surface area (Å²) in [6, 6.07) is 10.9. The summed E-state index contributed by atoms with van der Waals surface area (Å²) in [4.78, 5) is 11.4. The number of hydrogen-bond donors (Lipinski definition) is 3. The smallest absolute Gasteiger partial charge is 0.419 e. The fourth-order valence-corrected chi connectivity index (χ4v) is 6.91. The molecule has 1 aliphatic rings. The van der Waals surface area contributed by atoms with Gasteiger partial charge in [0, 0.05) is 37.2 Å². The first-order chi connectivity index (χ1) is 17.3. The number of rotatable bonds is 7. The minimum absolute atomic E-state index is 0.0972. The van der Waals surface area contributed by atoms with E-state index in [0.717, 1.165) is 29.5 Å². The van der Waals surface area contributed by atoms with Gasteiger partial charge in [0.2, 0.25) is 5.91 Å². The Balaban J connectivity index is 1.69. The van der Waals surface area contributed by atoms with Crippen LogP contribution in [0.2, 0.25) is 4.34 Å². The summed E-state index contributed by atoms with van der Waals surface area (Å²) in [7, 11) is -4.27. The quantitative estimate of drug-likeness (QED) is 0.323. The Labute approximate surface area is 221 Å². The molecule has 0 unspecified atom stereocenters. The highest BCUT2D eigenvalue weighted by atomic mass is 35.5. The number of thiophene rings is 1. The van der Waals surface area contributed by atoms with Crippen molar-refractivity contribution in [2.45, 2.75) is 36.3 Å². The third-order valence-corrected chi connectivity index (χ3v) is 8.81. The zero-order chi connectivity index (χ0) is 27.0.